The van der Waals surface area contributed by atoms with Crippen LogP contribution in [0, 0.1) is 5.92 Å². The molecule has 2 aliphatic rings. The second kappa shape index (κ2) is 4.33. The molecule has 4 nitrogen and oxygen atoms in total. The normalized spacial score (nSPS) is 32.6. The number of carbonyl (C=O) groups is 1. The van der Waals surface area contributed by atoms with E-state index in [4.69, 9.17) is 9.47 Å². The van der Waals surface area contributed by atoms with E-state index in [-0.39, 0.29) is 24.1 Å². The number of ether oxygens (including phenoxy) is 2. The molecule has 2 rings (SSSR count). The molecule has 0 aromatic rings. The number of nitrogens with zero attached hydrogens (tertiary/aromatic N) is 1. The summed E-state index contributed by atoms with van der Waals surface area (Å²) < 4.78 is 10.7. The van der Waals surface area contributed by atoms with Crippen molar-refractivity contribution in [3.8, 4) is 0 Å². The maximum absolute atomic E-state index is 11.7. The van der Waals surface area contributed by atoms with E-state index in [1.807, 2.05) is 31.1 Å². The van der Waals surface area contributed by atoms with E-state index in [1.165, 1.54) is 0 Å². The molecule has 0 saturated carbocycles. The molecule has 0 aromatic carbocycles. The van der Waals surface area contributed by atoms with Gasteiger partial charge in [-0.2, -0.15) is 0 Å². The van der Waals surface area contributed by atoms with Crippen molar-refractivity contribution in [3.05, 3.63) is 12.2 Å². The monoisotopic (exact) mass is 211 g/mol. The van der Waals surface area contributed by atoms with E-state index in [9.17, 15) is 4.79 Å². The largest absolute Gasteiger partial charge is 0.464 e. The molecule has 1 fully saturated rings. The average Bonchev–Trinajstić information content (AvgIpc) is 2.77. The quantitative estimate of drug-likeness (QED) is 0.499. The van der Waals surface area contributed by atoms with Crippen LogP contribution < -0.4 is 0 Å². The molecule has 0 unspecified atom stereocenters. The maximum Gasteiger partial charge on any atom is 0.312 e. The van der Waals surface area contributed by atoms with Gasteiger partial charge in [0.2, 0.25) is 0 Å². The van der Waals surface area contributed by atoms with Gasteiger partial charge in [-0.25, -0.2) is 0 Å². The van der Waals surface area contributed by atoms with Crippen molar-refractivity contribution in [2.24, 2.45) is 5.92 Å². The van der Waals surface area contributed by atoms with Gasteiger partial charge in [0, 0.05) is 6.54 Å². The first-order valence-corrected chi connectivity index (χ1v) is 5.32. The summed E-state index contributed by atoms with van der Waals surface area (Å²) in [5.41, 5.74) is 0. The Bertz CT molecular complexity index is 275. The topological polar surface area (TPSA) is 38.8 Å². The predicted octanol–water partition coefficient (Wildman–Crippen LogP) is 0.435. The molecule has 0 aliphatic carbocycles. The third-order valence-electron chi connectivity index (χ3n) is 2.82. The summed E-state index contributed by atoms with van der Waals surface area (Å²) in [6.07, 6.45) is 4.87. The van der Waals surface area contributed by atoms with Crippen molar-refractivity contribution in [3.63, 3.8) is 0 Å². The van der Waals surface area contributed by atoms with E-state index in [0.717, 1.165) is 13.0 Å². The van der Waals surface area contributed by atoms with Gasteiger partial charge in [-0.05, 0) is 20.5 Å². The number of hydrogen-bond donors (Lipinski definition) is 0. The van der Waals surface area contributed by atoms with Gasteiger partial charge >= 0.3 is 5.97 Å². The molecule has 1 saturated heterocycles. The lowest BCUT2D eigenvalue weighted by molar-refractivity contribution is -0.149. The average molecular weight is 211 g/mol. The Morgan fingerprint density at radius 3 is 2.87 bits per heavy atom. The van der Waals surface area contributed by atoms with Gasteiger partial charge in [-0.15, -0.1) is 0 Å². The molecule has 3 atom stereocenters. The lowest BCUT2D eigenvalue weighted by Gasteiger charge is -2.15. The molecule has 2 heterocycles. The number of carbonyl (C=O) groups excluding carboxylic acids is 1. The standard InChI is InChI=1S/C11H17NO3/c1-12(2)5-6-14-11(13)9-7-8-3-4-10(9)15-8/h3-4,8-10H,5-7H2,1-2H3/t8-,9-,10+/m0/s1. The van der Waals surface area contributed by atoms with Gasteiger partial charge < -0.3 is 14.4 Å². The molecular weight excluding hydrogens is 194 g/mol. The third-order valence-corrected chi connectivity index (χ3v) is 2.82. The lowest BCUT2D eigenvalue weighted by atomic mass is 9.95. The molecule has 4 heteroatoms. The number of likely N-dealkylation sites (N-methyl/N-ethyl adjacent to an activating group) is 1. The fourth-order valence-electron chi connectivity index (χ4n) is 1.94. The molecule has 0 N–H and O–H groups in total. The van der Waals surface area contributed by atoms with Crippen molar-refractivity contribution in [1.82, 2.24) is 4.90 Å². The molecule has 0 radical (unpaired) electrons. The number of esters is 1. The Labute approximate surface area is 89.8 Å². The minimum Gasteiger partial charge on any atom is -0.464 e. The zero-order valence-corrected chi connectivity index (χ0v) is 9.18. The molecule has 84 valence electrons. The van der Waals surface area contributed by atoms with E-state index >= 15 is 0 Å². The third kappa shape index (κ3) is 2.38. The van der Waals surface area contributed by atoms with E-state index in [1.54, 1.807) is 0 Å². The summed E-state index contributed by atoms with van der Waals surface area (Å²) >= 11 is 0. The molecular formula is C11H17NO3. The predicted molar refractivity (Wildman–Crippen MR) is 55.4 cm³/mol. The number of hydrogen-bond acceptors (Lipinski definition) is 4. The smallest absolute Gasteiger partial charge is 0.312 e. The maximum atomic E-state index is 11.7. The van der Waals surface area contributed by atoms with Gasteiger partial charge in [-0.1, -0.05) is 12.2 Å². The van der Waals surface area contributed by atoms with E-state index in [2.05, 4.69) is 0 Å². The summed E-state index contributed by atoms with van der Waals surface area (Å²) in [7, 11) is 3.91. The summed E-state index contributed by atoms with van der Waals surface area (Å²) in [4.78, 5) is 13.7. The minimum absolute atomic E-state index is 0.0399. The summed E-state index contributed by atoms with van der Waals surface area (Å²) in [5, 5.41) is 0. The molecule has 2 aliphatic heterocycles. The Morgan fingerprint density at radius 1 is 1.53 bits per heavy atom. The second-order valence-corrected chi connectivity index (χ2v) is 4.34. The highest BCUT2D eigenvalue weighted by molar-refractivity contribution is 5.74. The van der Waals surface area contributed by atoms with Crippen molar-refractivity contribution in [2.45, 2.75) is 18.6 Å². The van der Waals surface area contributed by atoms with Crippen LogP contribution in [0.3, 0.4) is 0 Å². The van der Waals surface area contributed by atoms with Crippen LogP contribution in [-0.4, -0.2) is 50.3 Å². The molecule has 0 amide bonds. The van der Waals surface area contributed by atoms with Gasteiger partial charge in [0.15, 0.2) is 0 Å². The van der Waals surface area contributed by atoms with Crippen LogP contribution in [-0.2, 0) is 14.3 Å². The van der Waals surface area contributed by atoms with Crippen molar-refractivity contribution < 1.29 is 14.3 Å². The van der Waals surface area contributed by atoms with Gasteiger partial charge in [-0.3, -0.25) is 4.79 Å². The van der Waals surface area contributed by atoms with Crippen LogP contribution in [0.2, 0.25) is 0 Å². The van der Waals surface area contributed by atoms with E-state index < -0.39 is 0 Å². The first kappa shape index (κ1) is 10.6. The summed E-state index contributed by atoms with van der Waals surface area (Å²) in [5.74, 6) is -0.198. The van der Waals surface area contributed by atoms with Crippen LogP contribution in [0.5, 0.6) is 0 Å². The molecule has 0 aromatic heterocycles. The SMILES string of the molecule is CN(C)CCOC(=O)[C@H]1C[C@@H]2C=C[C@H]1O2. The molecule has 0 spiro atoms. The van der Waals surface area contributed by atoms with Crippen LogP contribution in [0.25, 0.3) is 0 Å². The van der Waals surface area contributed by atoms with Crippen LogP contribution in [0.15, 0.2) is 12.2 Å². The van der Waals surface area contributed by atoms with E-state index in [0.29, 0.717) is 6.61 Å². The van der Waals surface area contributed by atoms with Crippen molar-refractivity contribution >= 4 is 5.97 Å². The van der Waals surface area contributed by atoms with Gasteiger partial charge in [0.05, 0.1) is 18.1 Å². The van der Waals surface area contributed by atoms with Gasteiger partial charge in [0.25, 0.3) is 0 Å². The summed E-state index contributed by atoms with van der Waals surface area (Å²) in [6, 6.07) is 0. The highest BCUT2D eigenvalue weighted by Crippen LogP contribution is 2.34. The molecule has 2 bridgehead atoms. The summed E-state index contributed by atoms with van der Waals surface area (Å²) in [6.45, 7) is 1.23. The second-order valence-electron chi connectivity index (χ2n) is 4.34. The fraction of sp³-hybridized carbons (Fsp3) is 0.727. The van der Waals surface area contributed by atoms with Crippen LogP contribution >= 0.6 is 0 Å². The highest BCUT2D eigenvalue weighted by Gasteiger charge is 2.41. The number of rotatable bonds is 4. The highest BCUT2D eigenvalue weighted by atomic mass is 16.5. The molecule has 15 heavy (non-hydrogen) atoms. The van der Waals surface area contributed by atoms with Crippen LogP contribution in [0.1, 0.15) is 6.42 Å². The Morgan fingerprint density at radius 2 is 2.33 bits per heavy atom. The number of fused-ring (bicyclic) bond motifs is 2. The fourth-order valence-corrected chi connectivity index (χ4v) is 1.94. The zero-order chi connectivity index (χ0) is 10.8. The van der Waals surface area contributed by atoms with Gasteiger partial charge in [0.1, 0.15) is 6.61 Å². The zero-order valence-electron chi connectivity index (χ0n) is 9.18. The first-order valence-electron chi connectivity index (χ1n) is 5.32. The minimum atomic E-state index is -0.117. The lowest BCUT2D eigenvalue weighted by Crippen LogP contribution is -2.28. The Hall–Kier alpha value is -0.870. The Kier molecular flexibility index (Phi) is 3.07. The first-order chi connectivity index (χ1) is 7.16. The van der Waals surface area contributed by atoms with Crippen molar-refractivity contribution in [2.75, 3.05) is 27.2 Å². The van der Waals surface area contributed by atoms with Crippen molar-refractivity contribution in [1.29, 1.82) is 0 Å². The Balaban J connectivity index is 1.75. The van der Waals surface area contributed by atoms with Crippen LogP contribution in [0.4, 0.5) is 0 Å².